The van der Waals surface area contributed by atoms with Crippen LogP contribution in [0.1, 0.15) is 29.4 Å². The van der Waals surface area contributed by atoms with Crippen LogP contribution in [0, 0.1) is 0 Å². The third-order valence-electron chi connectivity index (χ3n) is 3.27. The molecule has 0 spiro atoms. The van der Waals surface area contributed by atoms with Crippen LogP contribution in [0.3, 0.4) is 0 Å². The second-order valence-electron chi connectivity index (χ2n) is 5.07. The van der Waals surface area contributed by atoms with E-state index < -0.39 is 11.5 Å². The fourth-order valence-electron chi connectivity index (χ4n) is 2.40. The molecule has 7 heteroatoms. The molecule has 0 bridgehead atoms. The van der Waals surface area contributed by atoms with Crippen LogP contribution in [0.25, 0.3) is 0 Å². The van der Waals surface area contributed by atoms with Gasteiger partial charge in [-0.2, -0.15) is 0 Å². The van der Waals surface area contributed by atoms with Crippen molar-refractivity contribution in [2.24, 2.45) is 5.73 Å². The largest absolute Gasteiger partial charge is 0.396 e. The molecule has 1 aliphatic rings. The van der Waals surface area contributed by atoms with Crippen molar-refractivity contribution in [2.75, 3.05) is 30.0 Å². The Hall–Kier alpha value is -0.920. The minimum Gasteiger partial charge on any atom is -0.396 e. The molecule has 1 saturated heterocycles. The second-order valence-corrected chi connectivity index (χ2v) is 6.89. The van der Waals surface area contributed by atoms with E-state index in [-0.39, 0.29) is 0 Å². The van der Waals surface area contributed by atoms with E-state index >= 15 is 0 Å². The monoisotopic (exact) mass is 301 g/mol. The van der Waals surface area contributed by atoms with E-state index in [1.807, 2.05) is 13.2 Å². The molecule has 1 atom stereocenters. The third kappa shape index (κ3) is 2.82. The van der Waals surface area contributed by atoms with Gasteiger partial charge in [0, 0.05) is 13.1 Å². The minimum atomic E-state index is -0.695. The molecule has 1 aromatic rings. The third-order valence-corrected chi connectivity index (χ3v) is 5.50. The summed E-state index contributed by atoms with van der Waals surface area (Å²) >= 11 is 2.83. The van der Waals surface area contributed by atoms with E-state index in [1.54, 1.807) is 0 Å². The number of β-amino-alcohol motifs (C(OH)–C–C–N with tert-alkyl or cyclic N) is 1. The lowest BCUT2D eigenvalue weighted by atomic mass is 9.95. The first-order valence-electron chi connectivity index (χ1n) is 6.09. The van der Waals surface area contributed by atoms with Gasteiger partial charge in [0.1, 0.15) is 9.88 Å². The molecule has 5 N–H and O–H groups in total. The highest BCUT2D eigenvalue weighted by Gasteiger charge is 2.31. The van der Waals surface area contributed by atoms with Crippen molar-refractivity contribution in [3.05, 3.63) is 4.88 Å². The molecule has 0 saturated carbocycles. The van der Waals surface area contributed by atoms with Gasteiger partial charge in [-0.25, -0.2) is 0 Å². The zero-order valence-corrected chi connectivity index (χ0v) is 12.7. The summed E-state index contributed by atoms with van der Waals surface area (Å²) in [6.45, 7) is 3.25. The predicted molar refractivity (Wildman–Crippen MR) is 81.1 cm³/mol. The smallest absolute Gasteiger partial charge is 0.261 e. The van der Waals surface area contributed by atoms with E-state index in [0.29, 0.717) is 17.1 Å². The van der Waals surface area contributed by atoms with Crippen molar-refractivity contribution in [3.8, 4) is 0 Å². The lowest BCUT2D eigenvalue weighted by Crippen LogP contribution is -2.46. The van der Waals surface area contributed by atoms with Gasteiger partial charge < -0.3 is 21.5 Å². The first-order chi connectivity index (χ1) is 8.85. The molecule has 106 valence electrons. The Morgan fingerprint density at radius 2 is 2.26 bits per heavy atom. The number of nitrogens with zero attached hydrogens (tertiary/aromatic N) is 1. The normalized spacial score (nSPS) is 23.6. The molecule has 1 aromatic heterocycles. The number of anilines is 2. The fraction of sp³-hybridized carbons (Fsp3) is 0.583. The van der Waals surface area contributed by atoms with Crippen molar-refractivity contribution in [3.63, 3.8) is 0 Å². The van der Waals surface area contributed by atoms with Crippen LogP contribution in [0.2, 0.25) is 0 Å². The summed E-state index contributed by atoms with van der Waals surface area (Å²) < 4.78 is 0. The second kappa shape index (κ2) is 5.22. The first-order valence-corrected chi connectivity index (χ1v) is 8.13. The Morgan fingerprint density at radius 3 is 2.79 bits per heavy atom. The van der Waals surface area contributed by atoms with Crippen LogP contribution in [-0.2, 0) is 0 Å². The molecule has 0 aromatic carbocycles. The molecule has 1 unspecified atom stereocenters. The van der Waals surface area contributed by atoms with Crippen molar-refractivity contribution >= 4 is 39.7 Å². The first kappa shape index (κ1) is 14.5. The maximum Gasteiger partial charge on any atom is 0.261 e. The molecular weight excluding hydrogens is 282 g/mol. The number of piperidine rings is 1. The van der Waals surface area contributed by atoms with Gasteiger partial charge in [0.25, 0.3) is 5.91 Å². The summed E-state index contributed by atoms with van der Waals surface area (Å²) in [5.41, 5.74) is 11.1. The lowest BCUT2D eigenvalue weighted by molar-refractivity contribution is 0.0450. The Balaban J connectivity index is 2.39. The highest BCUT2D eigenvalue weighted by atomic mass is 32.2. The van der Waals surface area contributed by atoms with Crippen LogP contribution in [0.15, 0.2) is 4.90 Å². The van der Waals surface area contributed by atoms with E-state index in [1.165, 1.54) is 23.1 Å². The van der Waals surface area contributed by atoms with Gasteiger partial charge in [-0.3, -0.25) is 4.79 Å². The van der Waals surface area contributed by atoms with E-state index in [4.69, 9.17) is 11.5 Å². The number of hydrogen-bond donors (Lipinski definition) is 3. The highest BCUT2D eigenvalue weighted by Crippen LogP contribution is 2.44. The van der Waals surface area contributed by atoms with Crippen molar-refractivity contribution in [1.29, 1.82) is 0 Å². The standard InChI is InChI=1S/C12H19N3O2S2/c1-12(17)4-3-5-15(6-12)11-9(18-2)7(13)8(19-11)10(14)16/h17H,3-6,13H2,1-2H3,(H2,14,16). The maximum absolute atomic E-state index is 11.4. The number of nitrogen functional groups attached to an aromatic ring is 1. The molecule has 19 heavy (non-hydrogen) atoms. The number of nitrogens with two attached hydrogens (primary N) is 2. The van der Waals surface area contributed by atoms with Gasteiger partial charge >= 0.3 is 0 Å². The van der Waals surface area contributed by atoms with Gasteiger partial charge in [-0.15, -0.1) is 23.1 Å². The van der Waals surface area contributed by atoms with Crippen LogP contribution in [0.5, 0.6) is 0 Å². The Kier molecular flexibility index (Phi) is 3.98. The highest BCUT2D eigenvalue weighted by molar-refractivity contribution is 7.99. The Bertz CT molecular complexity index is 499. The molecule has 2 heterocycles. The number of amides is 1. The Labute approximate surface area is 121 Å². The zero-order chi connectivity index (χ0) is 14.2. The summed E-state index contributed by atoms with van der Waals surface area (Å²) in [5.74, 6) is -0.493. The van der Waals surface area contributed by atoms with Gasteiger partial charge in [0.05, 0.1) is 16.2 Å². The number of carbonyl (C=O) groups is 1. The van der Waals surface area contributed by atoms with Gasteiger partial charge in [-0.1, -0.05) is 0 Å². The number of thiophene rings is 1. The quantitative estimate of drug-likeness (QED) is 0.736. The van der Waals surface area contributed by atoms with Crippen molar-refractivity contribution in [1.82, 2.24) is 0 Å². The number of aliphatic hydroxyl groups is 1. The van der Waals surface area contributed by atoms with Crippen LogP contribution in [-0.4, -0.2) is 36.0 Å². The summed E-state index contributed by atoms with van der Waals surface area (Å²) in [6.07, 6.45) is 3.64. The minimum absolute atomic E-state index is 0.407. The van der Waals surface area contributed by atoms with Crippen LogP contribution >= 0.6 is 23.1 Å². The van der Waals surface area contributed by atoms with Crippen LogP contribution in [0.4, 0.5) is 10.7 Å². The number of primary amides is 1. The van der Waals surface area contributed by atoms with Gasteiger partial charge in [0.15, 0.2) is 0 Å². The van der Waals surface area contributed by atoms with Crippen molar-refractivity contribution in [2.45, 2.75) is 30.3 Å². The maximum atomic E-state index is 11.4. The topological polar surface area (TPSA) is 92.6 Å². The molecule has 2 rings (SSSR count). The summed E-state index contributed by atoms with van der Waals surface area (Å²) in [5, 5.41) is 11.1. The molecule has 5 nitrogen and oxygen atoms in total. The van der Waals surface area contributed by atoms with E-state index in [9.17, 15) is 9.90 Å². The summed E-state index contributed by atoms with van der Waals surface area (Å²) in [4.78, 5) is 14.8. The van der Waals surface area contributed by atoms with E-state index in [2.05, 4.69) is 4.90 Å². The molecule has 1 aliphatic heterocycles. The average molecular weight is 301 g/mol. The predicted octanol–water partition coefficient (Wildman–Crippen LogP) is 1.50. The van der Waals surface area contributed by atoms with Crippen LogP contribution < -0.4 is 16.4 Å². The number of hydrogen-bond acceptors (Lipinski definition) is 6. The number of rotatable bonds is 3. The van der Waals surface area contributed by atoms with Crippen molar-refractivity contribution < 1.29 is 9.90 Å². The molecule has 0 radical (unpaired) electrons. The van der Waals surface area contributed by atoms with Gasteiger partial charge in [0.2, 0.25) is 0 Å². The average Bonchev–Trinajstić information content (AvgIpc) is 2.65. The molecule has 1 amide bonds. The fourth-order valence-corrected chi connectivity index (χ4v) is 4.46. The molecule has 1 fully saturated rings. The summed E-state index contributed by atoms with van der Waals surface area (Å²) in [7, 11) is 0. The zero-order valence-electron chi connectivity index (χ0n) is 11.1. The molecule has 0 aliphatic carbocycles. The van der Waals surface area contributed by atoms with E-state index in [0.717, 1.165) is 29.3 Å². The Morgan fingerprint density at radius 1 is 1.58 bits per heavy atom. The lowest BCUT2D eigenvalue weighted by Gasteiger charge is -2.37. The molecular formula is C12H19N3O2S2. The SMILES string of the molecule is CSc1c(N2CCCC(C)(O)C2)sc(C(N)=O)c1N. The summed E-state index contributed by atoms with van der Waals surface area (Å²) in [6, 6.07) is 0. The van der Waals surface area contributed by atoms with Gasteiger partial charge in [-0.05, 0) is 26.0 Å². The number of carbonyl (C=O) groups excluding carboxylic acids is 1. The number of thioether (sulfide) groups is 1.